The molecular weight excluding hydrogens is 162 g/mol. The summed E-state index contributed by atoms with van der Waals surface area (Å²) in [5.41, 5.74) is 5.46. The van der Waals surface area contributed by atoms with Crippen LogP contribution in [0.1, 0.15) is 13.8 Å². The second-order valence-electron chi connectivity index (χ2n) is 2.89. The molecule has 1 rings (SSSR count). The second kappa shape index (κ2) is 3.13. The summed E-state index contributed by atoms with van der Waals surface area (Å²) in [6.07, 6.45) is 1.60. The summed E-state index contributed by atoms with van der Waals surface area (Å²) in [5, 5.41) is 3.71. The van der Waals surface area contributed by atoms with Crippen LogP contribution < -0.4 is 11.1 Å². The van der Waals surface area contributed by atoms with E-state index in [0.29, 0.717) is 16.9 Å². The van der Waals surface area contributed by atoms with E-state index in [1.165, 1.54) is 0 Å². The zero-order valence-electron chi connectivity index (χ0n) is 6.63. The van der Waals surface area contributed by atoms with E-state index in [-0.39, 0.29) is 6.04 Å². The van der Waals surface area contributed by atoms with Gasteiger partial charge in [0, 0.05) is 6.20 Å². The van der Waals surface area contributed by atoms with E-state index in [1.807, 2.05) is 0 Å². The highest BCUT2D eigenvalue weighted by Crippen LogP contribution is 2.17. The summed E-state index contributed by atoms with van der Waals surface area (Å²) in [6.45, 7) is 4.15. The van der Waals surface area contributed by atoms with E-state index in [2.05, 4.69) is 24.2 Å². The molecule has 0 saturated carbocycles. The van der Waals surface area contributed by atoms with Crippen molar-refractivity contribution < 1.29 is 0 Å². The summed E-state index contributed by atoms with van der Waals surface area (Å²) >= 11 is 5.88. The lowest BCUT2D eigenvalue weighted by Crippen LogP contribution is -2.44. The average Bonchev–Trinajstić information content (AvgIpc) is 1.94. The van der Waals surface area contributed by atoms with Crippen molar-refractivity contribution in [3.63, 3.8) is 0 Å². The van der Waals surface area contributed by atoms with Crippen LogP contribution in [-0.2, 0) is 0 Å². The van der Waals surface area contributed by atoms with Crippen LogP contribution in [0.15, 0.2) is 16.2 Å². The molecule has 3 nitrogen and oxygen atoms in total. The van der Waals surface area contributed by atoms with Crippen LogP contribution >= 0.6 is 11.6 Å². The fourth-order valence-corrected chi connectivity index (χ4v) is 1.32. The highest BCUT2D eigenvalue weighted by atomic mass is 35.5. The van der Waals surface area contributed by atoms with Gasteiger partial charge in [-0.25, -0.2) is 4.99 Å². The molecule has 0 amide bonds. The highest BCUT2D eigenvalue weighted by Gasteiger charge is 2.19. The van der Waals surface area contributed by atoms with Gasteiger partial charge in [-0.15, -0.1) is 0 Å². The minimum absolute atomic E-state index is 0.120. The van der Waals surface area contributed by atoms with E-state index in [1.54, 1.807) is 6.20 Å². The van der Waals surface area contributed by atoms with Crippen molar-refractivity contribution >= 4 is 17.6 Å². The molecule has 1 unspecified atom stereocenters. The second-order valence-corrected chi connectivity index (χ2v) is 3.33. The molecule has 0 radical (unpaired) electrons. The van der Waals surface area contributed by atoms with Crippen LogP contribution in [0.25, 0.3) is 0 Å². The van der Waals surface area contributed by atoms with Gasteiger partial charge in [0.1, 0.15) is 0 Å². The molecule has 11 heavy (non-hydrogen) atoms. The SMILES string of the molecule is CC(C)C1NC(N)=NC=C1Cl. The van der Waals surface area contributed by atoms with E-state index >= 15 is 0 Å². The summed E-state index contributed by atoms with van der Waals surface area (Å²) in [7, 11) is 0. The van der Waals surface area contributed by atoms with Gasteiger partial charge < -0.3 is 11.1 Å². The maximum atomic E-state index is 5.88. The molecule has 0 aromatic carbocycles. The standard InChI is InChI=1S/C7H12ClN3/c1-4(2)6-5(8)3-10-7(9)11-6/h3-4,6H,1-2H3,(H3,9,10,11). The molecule has 0 bridgehead atoms. The third kappa shape index (κ3) is 1.87. The van der Waals surface area contributed by atoms with Crippen LogP contribution in [0, 0.1) is 5.92 Å². The normalized spacial score (nSPS) is 24.2. The van der Waals surface area contributed by atoms with Crippen molar-refractivity contribution in [1.82, 2.24) is 5.32 Å². The first-order valence-electron chi connectivity index (χ1n) is 3.56. The van der Waals surface area contributed by atoms with Crippen LogP contribution in [0.3, 0.4) is 0 Å². The van der Waals surface area contributed by atoms with Crippen molar-refractivity contribution in [3.8, 4) is 0 Å². The fraction of sp³-hybridized carbons (Fsp3) is 0.571. The molecule has 62 valence electrons. The monoisotopic (exact) mass is 173 g/mol. The third-order valence-electron chi connectivity index (χ3n) is 1.59. The maximum absolute atomic E-state index is 5.88. The number of halogens is 1. The number of aliphatic imine (C=N–C) groups is 1. The number of nitrogens with zero attached hydrogens (tertiary/aromatic N) is 1. The van der Waals surface area contributed by atoms with E-state index < -0.39 is 0 Å². The van der Waals surface area contributed by atoms with Crippen molar-refractivity contribution in [2.45, 2.75) is 19.9 Å². The average molecular weight is 174 g/mol. The van der Waals surface area contributed by atoms with Gasteiger partial charge in [-0.2, -0.15) is 0 Å². The Morgan fingerprint density at radius 1 is 1.73 bits per heavy atom. The van der Waals surface area contributed by atoms with E-state index in [4.69, 9.17) is 17.3 Å². The van der Waals surface area contributed by atoms with Crippen LogP contribution in [-0.4, -0.2) is 12.0 Å². The predicted octanol–water partition coefficient (Wildman–Crippen LogP) is 1.01. The largest absolute Gasteiger partial charge is 0.370 e. The quantitative estimate of drug-likeness (QED) is 0.622. The molecule has 0 aliphatic carbocycles. The fourth-order valence-electron chi connectivity index (χ4n) is 0.962. The lowest BCUT2D eigenvalue weighted by Gasteiger charge is -2.24. The molecule has 0 saturated heterocycles. The third-order valence-corrected chi connectivity index (χ3v) is 1.93. The minimum atomic E-state index is 0.120. The highest BCUT2D eigenvalue weighted by molar-refractivity contribution is 6.30. The number of nitrogens with two attached hydrogens (primary N) is 1. The molecular formula is C7H12ClN3. The van der Waals surface area contributed by atoms with Gasteiger partial charge in [0.15, 0.2) is 5.96 Å². The summed E-state index contributed by atoms with van der Waals surface area (Å²) in [6, 6.07) is 0.120. The van der Waals surface area contributed by atoms with Gasteiger partial charge in [-0.05, 0) is 5.92 Å². The molecule has 0 aromatic rings. The Balaban J connectivity index is 2.73. The van der Waals surface area contributed by atoms with Crippen molar-refractivity contribution in [2.75, 3.05) is 0 Å². The Bertz CT molecular complexity index is 208. The first kappa shape index (κ1) is 8.40. The molecule has 1 atom stereocenters. The summed E-state index contributed by atoms with van der Waals surface area (Å²) in [4.78, 5) is 3.83. The Kier molecular flexibility index (Phi) is 2.39. The Labute approximate surface area is 71.3 Å². The first-order valence-corrected chi connectivity index (χ1v) is 3.94. The number of nitrogens with one attached hydrogen (secondary N) is 1. The number of hydrogen-bond donors (Lipinski definition) is 2. The van der Waals surface area contributed by atoms with Crippen LogP contribution in [0.4, 0.5) is 0 Å². The van der Waals surface area contributed by atoms with Gasteiger partial charge in [-0.3, -0.25) is 0 Å². The van der Waals surface area contributed by atoms with Gasteiger partial charge >= 0.3 is 0 Å². The molecule has 3 N–H and O–H groups in total. The van der Waals surface area contributed by atoms with E-state index in [9.17, 15) is 0 Å². The topological polar surface area (TPSA) is 50.4 Å². The van der Waals surface area contributed by atoms with Gasteiger partial charge in [-0.1, -0.05) is 25.4 Å². The number of guanidine groups is 1. The summed E-state index contributed by atoms with van der Waals surface area (Å²) < 4.78 is 0. The first-order chi connectivity index (χ1) is 5.11. The van der Waals surface area contributed by atoms with E-state index in [0.717, 1.165) is 0 Å². The molecule has 0 fully saturated rings. The summed E-state index contributed by atoms with van der Waals surface area (Å²) in [5.74, 6) is 0.862. The van der Waals surface area contributed by atoms with Gasteiger partial charge in [0.2, 0.25) is 0 Å². The zero-order valence-corrected chi connectivity index (χ0v) is 7.39. The minimum Gasteiger partial charge on any atom is -0.370 e. The van der Waals surface area contributed by atoms with Gasteiger partial charge in [0.05, 0.1) is 11.1 Å². The van der Waals surface area contributed by atoms with Crippen LogP contribution in [0.2, 0.25) is 0 Å². The molecule has 4 heteroatoms. The lowest BCUT2D eigenvalue weighted by molar-refractivity contribution is 0.515. The molecule has 1 heterocycles. The lowest BCUT2D eigenvalue weighted by atomic mass is 10.0. The molecule has 1 aliphatic rings. The number of hydrogen-bond acceptors (Lipinski definition) is 3. The maximum Gasteiger partial charge on any atom is 0.193 e. The molecule has 0 aromatic heterocycles. The van der Waals surface area contributed by atoms with Crippen LogP contribution in [0.5, 0.6) is 0 Å². The molecule has 0 spiro atoms. The smallest absolute Gasteiger partial charge is 0.193 e. The zero-order chi connectivity index (χ0) is 8.43. The number of rotatable bonds is 1. The van der Waals surface area contributed by atoms with Crippen molar-refractivity contribution in [3.05, 3.63) is 11.2 Å². The Morgan fingerprint density at radius 3 is 2.82 bits per heavy atom. The Hall–Kier alpha value is -0.700. The van der Waals surface area contributed by atoms with Crippen molar-refractivity contribution in [2.24, 2.45) is 16.6 Å². The van der Waals surface area contributed by atoms with Gasteiger partial charge in [0.25, 0.3) is 0 Å². The van der Waals surface area contributed by atoms with Crippen molar-refractivity contribution in [1.29, 1.82) is 0 Å². The Morgan fingerprint density at radius 2 is 2.36 bits per heavy atom. The molecule has 1 aliphatic heterocycles. The predicted molar refractivity (Wildman–Crippen MR) is 47.3 cm³/mol.